The number of nitrogens with zero attached hydrogens (tertiary/aromatic N) is 2. The van der Waals surface area contributed by atoms with Gasteiger partial charge in [0.25, 0.3) is 0 Å². The van der Waals surface area contributed by atoms with Gasteiger partial charge >= 0.3 is 0 Å². The van der Waals surface area contributed by atoms with Gasteiger partial charge in [0.2, 0.25) is 21.8 Å². The molecule has 7 nitrogen and oxygen atoms in total. The minimum absolute atomic E-state index is 0.0482. The van der Waals surface area contributed by atoms with Crippen molar-refractivity contribution in [1.82, 2.24) is 10.2 Å². The molecule has 0 unspecified atom stereocenters. The van der Waals surface area contributed by atoms with Crippen LogP contribution in [0.5, 0.6) is 0 Å². The molecule has 186 valence electrons. The number of carbonyl (C=O) groups excluding carboxylic acids is 2. The van der Waals surface area contributed by atoms with E-state index in [1.54, 1.807) is 6.92 Å². The van der Waals surface area contributed by atoms with E-state index < -0.39 is 21.9 Å². The van der Waals surface area contributed by atoms with Crippen LogP contribution in [0.25, 0.3) is 0 Å². The van der Waals surface area contributed by atoms with Gasteiger partial charge in [0.15, 0.2) is 0 Å². The number of hydrogen-bond acceptors (Lipinski definition) is 4. The molecule has 34 heavy (non-hydrogen) atoms. The molecule has 0 aliphatic rings. The van der Waals surface area contributed by atoms with Crippen LogP contribution in [0.1, 0.15) is 38.7 Å². The molecule has 0 bridgehead atoms. The summed E-state index contributed by atoms with van der Waals surface area (Å²) in [5, 5.41) is 2.82. The van der Waals surface area contributed by atoms with Crippen molar-refractivity contribution in [1.29, 1.82) is 0 Å². The number of rotatable bonds is 12. The average molecular weight is 556 g/mol. The Morgan fingerprint density at radius 3 is 2.41 bits per heavy atom. The fourth-order valence-corrected chi connectivity index (χ4v) is 4.83. The molecule has 2 aromatic rings. The van der Waals surface area contributed by atoms with Gasteiger partial charge in [-0.1, -0.05) is 35.0 Å². The molecule has 0 aliphatic carbocycles. The third-order valence-electron chi connectivity index (χ3n) is 5.23. The van der Waals surface area contributed by atoms with Gasteiger partial charge in [0.1, 0.15) is 11.9 Å². The van der Waals surface area contributed by atoms with E-state index in [9.17, 15) is 22.4 Å². The molecule has 0 fully saturated rings. The zero-order valence-corrected chi connectivity index (χ0v) is 22.0. The number of anilines is 1. The highest BCUT2D eigenvalue weighted by Crippen LogP contribution is 2.20. The fourth-order valence-electron chi connectivity index (χ4n) is 3.42. The first-order chi connectivity index (χ1) is 16.0. The maximum atomic E-state index is 13.3. The summed E-state index contributed by atoms with van der Waals surface area (Å²) in [7, 11) is -3.63. The maximum absolute atomic E-state index is 13.3. The number of sulfonamides is 1. The van der Waals surface area contributed by atoms with Gasteiger partial charge in [-0.15, -0.1) is 0 Å². The highest BCUT2D eigenvalue weighted by molar-refractivity contribution is 9.10. The van der Waals surface area contributed by atoms with Gasteiger partial charge in [-0.25, -0.2) is 12.8 Å². The van der Waals surface area contributed by atoms with E-state index in [1.807, 2.05) is 31.2 Å². The molecule has 0 aromatic heterocycles. The second-order valence-electron chi connectivity index (χ2n) is 8.03. The quantitative estimate of drug-likeness (QED) is 0.427. The van der Waals surface area contributed by atoms with Crippen LogP contribution in [0.15, 0.2) is 53.0 Å². The predicted molar refractivity (Wildman–Crippen MR) is 135 cm³/mol. The van der Waals surface area contributed by atoms with Crippen LogP contribution in [0.4, 0.5) is 10.1 Å². The number of hydrogen-bond donors (Lipinski definition) is 1. The Morgan fingerprint density at radius 1 is 1.15 bits per heavy atom. The monoisotopic (exact) mass is 555 g/mol. The molecule has 1 N–H and O–H groups in total. The minimum atomic E-state index is -3.63. The Balaban J connectivity index is 2.14. The topological polar surface area (TPSA) is 86.8 Å². The van der Waals surface area contributed by atoms with Gasteiger partial charge in [-0.3, -0.25) is 13.9 Å². The Kier molecular flexibility index (Phi) is 10.5. The molecule has 2 rings (SSSR count). The predicted octanol–water partition coefficient (Wildman–Crippen LogP) is 4.08. The van der Waals surface area contributed by atoms with Gasteiger partial charge in [-0.2, -0.15) is 0 Å². The lowest BCUT2D eigenvalue weighted by atomic mass is 10.1. The smallest absolute Gasteiger partial charge is 0.242 e. The molecule has 10 heteroatoms. The fraction of sp³-hybridized carbons (Fsp3) is 0.417. The number of nitrogens with one attached hydrogen (secondary N) is 1. The van der Waals surface area contributed by atoms with E-state index >= 15 is 0 Å². The molecular formula is C24H31BrFN3O4S. The molecule has 0 saturated heterocycles. The summed E-state index contributed by atoms with van der Waals surface area (Å²) in [5.41, 5.74) is 1.19. The zero-order valence-electron chi connectivity index (χ0n) is 19.6. The largest absolute Gasteiger partial charge is 0.354 e. The molecule has 2 amide bonds. The number of carbonyl (C=O) groups is 2. The van der Waals surface area contributed by atoms with E-state index in [1.165, 1.54) is 29.2 Å². The molecule has 0 heterocycles. The summed E-state index contributed by atoms with van der Waals surface area (Å²) in [6.45, 7) is 4.44. The first-order valence-electron chi connectivity index (χ1n) is 11.1. The van der Waals surface area contributed by atoms with Crippen LogP contribution in [0, 0.1) is 5.82 Å². The Bertz CT molecular complexity index is 1080. The highest BCUT2D eigenvalue weighted by atomic mass is 79.9. The maximum Gasteiger partial charge on any atom is 0.242 e. The van der Waals surface area contributed by atoms with Crippen molar-refractivity contribution in [2.45, 2.75) is 45.7 Å². The van der Waals surface area contributed by atoms with Crippen molar-refractivity contribution in [2.24, 2.45) is 0 Å². The summed E-state index contributed by atoms with van der Waals surface area (Å²) in [4.78, 5) is 27.3. The molecule has 0 saturated carbocycles. The lowest BCUT2D eigenvalue weighted by Gasteiger charge is -2.29. The Hall–Kier alpha value is -2.46. The van der Waals surface area contributed by atoms with Crippen molar-refractivity contribution in [3.8, 4) is 0 Å². The van der Waals surface area contributed by atoms with Gasteiger partial charge in [0, 0.05) is 30.5 Å². The van der Waals surface area contributed by atoms with Crippen LogP contribution in [0.3, 0.4) is 0 Å². The van der Waals surface area contributed by atoms with E-state index in [0.29, 0.717) is 12.2 Å². The van der Waals surface area contributed by atoms with E-state index in [2.05, 4.69) is 21.2 Å². The lowest BCUT2D eigenvalue weighted by Crippen LogP contribution is -2.47. The van der Waals surface area contributed by atoms with Gasteiger partial charge in [-0.05, 0) is 61.7 Å². The second-order valence-corrected chi connectivity index (χ2v) is 10.9. The number of amides is 2. The van der Waals surface area contributed by atoms with Crippen molar-refractivity contribution in [3.05, 3.63) is 64.4 Å². The van der Waals surface area contributed by atoms with Gasteiger partial charge in [0.05, 0.1) is 11.9 Å². The molecular weight excluding hydrogens is 525 g/mol. The molecule has 0 spiro atoms. The van der Waals surface area contributed by atoms with Crippen molar-refractivity contribution >= 4 is 43.5 Å². The second kappa shape index (κ2) is 12.9. The summed E-state index contributed by atoms with van der Waals surface area (Å²) in [6.07, 6.45) is 2.13. The lowest BCUT2D eigenvalue weighted by molar-refractivity contribution is -0.140. The standard InChI is InChI=1S/C24H31BrFN3O4S/c1-4-14-27-24(31)18(2)28(17-19-7-5-8-20(25)16-19)23(30)9-6-15-29(34(3,32)33)22-12-10-21(26)11-13-22/h5,7-8,10-13,16,18H,4,6,9,14-15,17H2,1-3H3,(H,27,31)/t18-/m1/s1. The molecule has 1 atom stereocenters. The van der Waals surface area contributed by atoms with E-state index in [0.717, 1.165) is 27.0 Å². The third-order valence-corrected chi connectivity index (χ3v) is 6.91. The van der Waals surface area contributed by atoms with Crippen LogP contribution in [-0.2, 0) is 26.2 Å². The Labute approximate surface area is 209 Å². The normalized spacial score (nSPS) is 12.1. The minimum Gasteiger partial charge on any atom is -0.354 e. The van der Waals surface area contributed by atoms with Crippen LogP contribution in [0.2, 0.25) is 0 Å². The van der Waals surface area contributed by atoms with Gasteiger partial charge < -0.3 is 10.2 Å². The first kappa shape index (κ1) is 27.8. The van der Waals surface area contributed by atoms with Crippen molar-refractivity contribution in [2.75, 3.05) is 23.7 Å². The van der Waals surface area contributed by atoms with Crippen LogP contribution in [-0.4, -0.2) is 50.5 Å². The molecule has 0 aliphatic heterocycles. The summed E-state index contributed by atoms with van der Waals surface area (Å²) >= 11 is 3.42. The van der Waals surface area contributed by atoms with Crippen LogP contribution < -0.4 is 9.62 Å². The summed E-state index contributed by atoms with van der Waals surface area (Å²) in [6, 6.07) is 12.0. The number of benzene rings is 2. The Morgan fingerprint density at radius 2 is 1.82 bits per heavy atom. The summed E-state index contributed by atoms with van der Waals surface area (Å²) in [5.74, 6) is -0.966. The first-order valence-corrected chi connectivity index (χ1v) is 13.7. The third kappa shape index (κ3) is 8.39. The SMILES string of the molecule is CCCNC(=O)[C@@H](C)N(Cc1cccc(Br)c1)C(=O)CCCN(c1ccc(F)cc1)S(C)(=O)=O. The van der Waals surface area contributed by atoms with E-state index in [-0.39, 0.29) is 37.7 Å². The summed E-state index contributed by atoms with van der Waals surface area (Å²) < 4.78 is 39.8. The zero-order chi connectivity index (χ0) is 25.3. The molecule has 2 aromatic carbocycles. The van der Waals surface area contributed by atoms with Crippen molar-refractivity contribution < 1.29 is 22.4 Å². The average Bonchev–Trinajstić information content (AvgIpc) is 2.78. The highest BCUT2D eigenvalue weighted by Gasteiger charge is 2.26. The van der Waals surface area contributed by atoms with E-state index in [4.69, 9.17) is 0 Å². The van der Waals surface area contributed by atoms with Crippen LogP contribution >= 0.6 is 15.9 Å². The number of halogens is 2. The van der Waals surface area contributed by atoms with Crippen molar-refractivity contribution in [3.63, 3.8) is 0 Å². The molecule has 0 radical (unpaired) electrons.